The molecule has 5 heteroatoms. The van der Waals surface area contributed by atoms with Gasteiger partial charge in [0.05, 0.1) is 11.0 Å². The number of hydrogen-bond acceptors (Lipinski definition) is 3. The molecule has 4 fully saturated rings. The molecule has 4 atom stereocenters. The average Bonchev–Trinajstić information content (AvgIpc) is 3.10. The van der Waals surface area contributed by atoms with E-state index in [0.717, 1.165) is 49.2 Å². The summed E-state index contributed by atoms with van der Waals surface area (Å²) in [7, 11) is 0. The first kappa shape index (κ1) is 18.9. The Morgan fingerprint density at radius 2 is 2.00 bits per heavy atom. The standard InChI is InChI=1S/C24H31N3O2/c1-3-22-10-19-11-23(14-22,16-24(29,12-19)15-22)21(28)26-13-18-4-6-20(7-5-18)27-9-8-25-17(27)2/h4-9,19,29H,3,10-16H2,1-2H3,(H,26,28). The summed E-state index contributed by atoms with van der Waals surface area (Å²) in [4.78, 5) is 17.6. The van der Waals surface area contributed by atoms with Crippen molar-refractivity contribution in [1.82, 2.24) is 14.9 Å². The topological polar surface area (TPSA) is 67.2 Å². The van der Waals surface area contributed by atoms with E-state index < -0.39 is 5.60 Å². The maximum absolute atomic E-state index is 13.3. The first-order valence-electron chi connectivity index (χ1n) is 10.9. The Morgan fingerprint density at radius 3 is 2.66 bits per heavy atom. The van der Waals surface area contributed by atoms with Gasteiger partial charge < -0.3 is 15.0 Å². The molecule has 1 aromatic heterocycles. The molecule has 4 saturated carbocycles. The number of carbonyl (C=O) groups is 1. The van der Waals surface area contributed by atoms with E-state index >= 15 is 0 Å². The molecule has 0 radical (unpaired) electrons. The third kappa shape index (κ3) is 3.10. The van der Waals surface area contributed by atoms with Crippen LogP contribution in [0.2, 0.25) is 0 Å². The van der Waals surface area contributed by atoms with Crippen molar-refractivity contribution in [3.05, 3.63) is 48.0 Å². The minimum absolute atomic E-state index is 0.146. The number of rotatable bonds is 5. The Hall–Kier alpha value is -2.14. The van der Waals surface area contributed by atoms with Crippen molar-refractivity contribution >= 4 is 5.91 Å². The molecule has 1 amide bonds. The van der Waals surface area contributed by atoms with E-state index in [2.05, 4.69) is 41.5 Å². The summed E-state index contributed by atoms with van der Waals surface area (Å²) in [6.45, 7) is 4.74. The van der Waals surface area contributed by atoms with Crippen molar-refractivity contribution < 1.29 is 9.90 Å². The number of nitrogens with zero attached hydrogens (tertiary/aromatic N) is 2. The molecular weight excluding hydrogens is 362 g/mol. The van der Waals surface area contributed by atoms with Gasteiger partial charge in [-0.1, -0.05) is 25.5 Å². The number of aryl methyl sites for hydroxylation is 1. The fourth-order valence-corrected chi connectivity index (χ4v) is 7.03. The zero-order chi connectivity index (χ0) is 20.3. The van der Waals surface area contributed by atoms with Gasteiger partial charge in [-0.2, -0.15) is 0 Å². The monoisotopic (exact) mass is 393 g/mol. The molecule has 1 aromatic carbocycles. The molecule has 4 unspecified atom stereocenters. The van der Waals surface area contributed by atoms with Crippen LogP contribution in [-0.2, 0) is 11.3 Å². The number of amides is 1. The molecule has 4 aliphatic rings. The Morgan fingerprint density at radius 1 is 1.21 bits per heavy atom. The van der Waals surface area contributed by atoms with Gasteiger partial charge in [0.25, 0.3) is 0 Å². The number of carbonyl (C=O) groups excluding carboxylic acids is 1. The van der Waals surface area contributed by atoms with Crippen LogP contribution in [0.4, 0.5) is 0 Å². The second-order valence-corrected chi connectivity index (χ2v) is 10.1. The van der Waals surface area contributed by atoms with Gasteiger partial charge in [0.2, 0.25) is 5.91 Å². The SMILES string of the molecule is CCC12CC3CC(O)(C1)CC(C(=O)NCc1ccc(-n4ccnc4C)cc1)(C3)C2. The number of aromatic nitrogens is 2. The molecule has 0 saturated heterocycles. The number of hydrogen-bond donors (Lipinski definition) is 2. The van der Waals surface area contributed by atoms with Gasteiger partial charge in [0.15, 0.2) is 0 Å². The fraction of sp³-hybridized carbons (Fsp3) is 0.583. The van der Waals surface area contributed by atoms with Crippen LogP contribution in [0.3, 0.4) is 0 Å². The van der Waals surface area contributed by atoms with E-state index in [0.29, 0.717) is 18.9 Å². The van der Waals surface area contributed by atoms with Gasteiger partial charge >= 0.3 is 0 Å². The number of imidazole rings is 1. The second kappa shape index (κ2) is 6.43. The van der Waals surface area contributed by atoms with Crippen LogP contribution in [0.15, 0.2) is 36.7 Å². The van der Waals surface area contributed by atoms with Crippen molar-refractivity contribution in [2.75, 3.05) is 0 Å². The minimum atomic E-state index is -0.628. The maximum atomic E-state index is 13.3. The minimum Gasteiger partial charge on any atom is -0.390 e. The maximum Gasteiger partial charge on any atom is 0.226 e. The highest BCUT2D eigenvalue weighted by atomic mass is 16.3. The zero-order valence-electron chi connectivity index (χ0n) is 17.4. The first-order valence-corrected chi connectivity index (χ1v) is 10.9. The molecule has 5 nitrogen and oxygen atoms in total. The van der Waals surface area contributed by atoms with Gasteiger partial charge in [0.1, 0.15) is 5.82 Å². The molecule has 4 bridgehead atoms. The van der Waals surface area contributed by atoms with E-state index in [4.69, 9.17) is 0 Å². The Bertz CT molecular complexity index is 936. The lowest BCUT2D eigenvalue weighted by Gasteiger charge is -2.64. The van der Waals surface area contributed by atoms with Crippen molar-refractivity contribution in [1.29, 1.82) is 0 Å². The molecule has 1 heterocycles. The van der Waals surface area contributed by atoms with Crippen molar-refractivity contribution in [3.63, 3.8) is 0 Å². The normalized spacial score (nSPS) is 35.1. The highest BCUT2D eigenvalue weighted by molar-refractivity contribution is 5.83. The average molecular weight is 394 g/mol. The van der Waals surface area contributed by atoms with Crippen LogP contribution in [0, 0.1) is 23.7 Å². The molecule has 2 N–H and O–H groups in total. The van der Waals surface area contributed by atoms with E-state index in [1.165, 1.54) is 6.42 Å². The molecule has 29 heavy (non-hydrogen) atoms. The van der Waals surface area contributed by atoms with Gasteiger partial charge in [0, 0.05) is 24.6 Å². The molecule has 4 aliphatic carbocycles. The second-order valence-electron chi connectivity index (χ2n) is 10.1. The van der Waals surface area contributed by atoms with E-state index in [9.17, 15) is 9.90 Å². The van der Waals surface area contributed by atoms with Gasteiger partial charge in [-0.05, 0) is 74.5 Å². The first-order chi connectivity index (χ1) is 13.8. The highest BCUT2D eigenvalue weighted by Crippen LogP contribution is 2.67. The molecule has 2 aromatic rings. The molecule has 0 spiro atoms. The van der Waals surface area contributed by atoms with Crippen molar-refractivity contribution in [3.8, 4) is 5.69 Å². The predicted molar refractivity (Wildman–Crippen MR) is 111 cm³/mol. The van der Waals surface area contributed by atoms with Crippen LogP contribution in [-0.4, -0.2) is 26.2 Å². The van der Waals surface area contributed by atoms with Crippen LogP contribution in [0.1, 0.15) is 63.3 Å². The predicted octanol–water partition coefficient (Wildman–Crippen LogP) is 3.91. The summed E-state index contributed by atoms with van der Waals surface area (Å²) in [5, 5.41) is 14.4. The summed E-state index contributed by atoms with van der Waals surface area (Å²) in [6, 6.07) is 8.26. The Balaban J connectivity index is 1.29. The Labute approximate surface area is 172 Å². The Kier molecular flexibility index (Phi) is 4.18. The smallest absolute Gasteiger partial charge is 0.226 e. The number of nitrogens with one attached hydrogen (secondary N) is 1. The van der Waals surface area contributed by atoms with Crippen molar-refractivity contribution in [2.24, 2.45) is 16.7 Å². The summed E-state index contributed by atoms with van der Waals surface area (Å²) in [5.74, 6) is 1.60. The van der Waals surface area contributed by atoms with E-state index in [1.54, 1.807) is 6.20 Å². The van der Waals surface area contributed by atoms with Crippen LogP contribution in [0.25, 0.3) is 5.69 Å². The molecule has 154 valence electrons. The quantitative estimate of drug-likeness (QED) is 0.809. The van der Waals surface area contributed by atoms with Gasteiger partial charge in [-0.3, -0.25) is 4.79 Å². The number of benzene rings is 1. The van der Waals surface area contributed by atoms with Crippen LogP contribution in [0.5, 0.6) is 0 Å². The van der Waals surface area contributed by atoms with Gasteiger partial charge in [-0.25, -0.2) is 4.98 Å². The lowest BCUT2D eigenvalue weighted by molar-refractivity contribution is -0.204. The summed E-state index contributed by atoms with van der Waals surface area (Å²) < 4.78 is 2.04. The van der Waals surface area contributed by atoms with Gasteiger partial charge in [-0.15, -0.1) is 0 Å². The van der Waals surface area contributed by atoms with E-state index in [-0.39, 0.29) is 16.7 Å². The summed E-state index contributed by atoms with van der Waals surface area (Å²) >= 11 is 0. The molecule has 6 rings (SSSR count). The van der Waals surface area contributed by atoms with E-state index in [1.807, 2.05) is 17.7 Å². The third-order valence-corrected chi connectivity index (χ3v) is 7.88. The zero-order valence-corrected chi connectivity index (χ0v) is 17.4. The van der Waals surface area contributed by atoms with Crippen LogP contribution >= 0.6 is 0 Å². The summed E-state index contributed by atoms with van der Waals surface area (Å²) in [6.07, 6.45) is 10.3. The van der Waals surface area contributed by atoms with Crippen molar-refractivity contribution in [2.45, 2.75) is 70.9 Å². The van der Waals surface area contributed by atoms with Crippen LogP contribution < -0.4 is 5.32 Å². The molecule has 0 aliphatic heterocycles. The third-order valence-electron chi connectivity index (χ3n) is 7.88. The fourth-order valence-electron chi connectivity index (χ4n) is 7.03. The lowest BCUT2D eigenvalue weighted by Crippen LogP contribution is -2.63. The molecular formula is C24H31N3O2. The lowest BCUT2D eigenvalue weighted by atomic mass is 9.42. The number of aliphatic hydroxyl groups is 1. The largest absolute Gasteiger partial charge is 0.390 e. The highest BCUT2D eigenvalue weighted by Gasteiger charge is 2.64. The summed E-state index contributed by atoms with van der Waals surface area (Å²) in [5.41, 5.74) is 1.32.